The molecule has 0 aromatic rings. The SMILES string of the molecule is CC(C)CC(CN)CCNCC(F)F. The van der Waals surface area contributed by atoms with Crippen LogP contribution in [0.3, 0.4) is 0 Å². The van der Waals surface area contributed by atoms with Gasteiger partial charge in [0, 0.05) is 0 Å². The summed E-state index contributed by atoms with van der Waals surface area (Å²) in [4.78, 5) is 0. The molecule has 0 aromatic heterocycles. The van der Waals surface area contributed by atoms with Crippen molar-refractivity contribution in [1.82, 2.24) is 5.32 Å². The van der Waals surface area contributed by atoms with Crippen LogP contribution in [0.4, 0.5) is 8.78 Å². The highest BCUT2D eigenvalue weighted by molar-refractivity contribution is 4.64. The zero-order valence-electron chi connectivity index (χ0n) is 9.10. The molecule has 3 N–H and O–H groups in total. The molecule has 0 aromatic carbocycles. The van der Waals surface area contributed by atoms with E-state index in [4.69, 9.17) is 5.73 Å². The lowest BCUT2D eigenvalue weighted by Gasteiger charge is -2.16. The fourth-order valence-corrected chi connectivity index (χ4v) is 1.52. The molecular weight excluding hydrogens is 186 g/mol. The number of nitrogens with one attached hydrogen (secondary N) is 1. The molecule has 0 spiro atoms. The summed E-state index contributed by atoms with van der Waals surface area (Å²) in [6.07, 6.45) is -0.287. The molecule has 0 fully saturated rings. The quantitative estimate of drug-likeness (QED) is 0.597. The second kappa shape index (κ2) is 8.12. The van der Waals surface area contributed by atoms with Crippen molar-refractivity contribution in [2.75, 3.05) is 19.6 Å². The van der Waals surface area contributed by atoms with Gasteiger partial charge in [0.25, 0.3) is 6.43 Å². The predicted molar refractivity (Wildman–Crippen MR) is 55.5 cm³/mol. The standard InChI is InChI=1S/C10H22F2N2/c1-8(2)5-9(6-13)3-4-14-7-10(11)12/h8-10,14H,3-7,13H2,1-2H3. The molecule has 14 heavy (non-hydrogen) atoms. The Labute approximate surface area is 85.2 Å². The normalized spacial score (nSPS) is 13.9. The zero-order valence-corrected chi connectivity index (χ0v) is 9.10. The van der Waals surface area contributed by atoms with Crippen molar-refractivity contribution in [3.63, 3.8) is 0 Å². The van der Waals surface area contributed by atoms with Crippen molar-refractivity contribution >= 4 is 0 Å². The highest BCUT2D eigenvalue weighted by Crippen LogP contribution is 2.13. The molecule has 0 aliphatic rings. The van der Waals surface area contributed by atoms with Crippen LogP contribution in [-0.4, -0.2) is 26.1 Å². The summed E-state index contributed by atoms with van der Waals surface area (Å²) >= 11 is 0. The van der Waals surface area contributed by atoms with Crippen LogP contribution in [0.25, 0.3) is 0 Å². The second-order valence-electron chi connectivity index (χ2n) is 4.12. The number of hydrogen-bond donors (Lipinski definition) is 2. The summed E-state index contributed by atoms with van der Waals surface area (Å²) in [6.45, 7) is 5.37. The maximum Gasteiger partial charge on any atom is 0.250 e. The summed E-state index contributed by atoms with van der Waals surface area (Å²) in [7, 11) is 0. The smallest absolute Gasteiger partial charge is 0.250 e. The van der Waals surface area contributed by atoms with Gasteiger partial charge in [0.15, 0.2) is 0 Å². The molecule has 0 bridgehead atoms. The van der Waals surface area contributed by atoms with Gasteiger partial charge >= 0.3 is 0 Å². The number of rotatable bonds is 8. The first-order valence-corrected chi connectivity index (χ1v) is 5.25. The van der Waals surface area contributed by atoms with E-state index in [-0.39, 0.29) is 6.54 Å². The van der Waals surface area contributed by atoms with Crippen LogP contribution in [0.15, 0.2) is 0 Å². The molecule has 2 nitrogen and oxygen atoms in total. The first-order valence-electron chi connectivity index (χ1n) is 5.25. The summed E-state index contributed by atoms with van der Waals surface area (Å²) in [5.41, 5.74) is 5.59. The van der Waals surface area contributed by atoms with E-state index in [2.05, 4.69) is 19.2 Å². The average molecular weight is 208 g/mol. The maximum absolute atomic E-state index is 11.8. The third-order valence-corrected chi connectivity index (χ3v) is 2.17. The second-order valence-corrected chi connectivity index (χ2v) is 4.12. The van der Waals surface area contributed by atoms with Crippen LogP contribution in [0.2, 0.25) is 0 Å². The van der Waals surface area contributed by atoms with Gasteiger partial charge in [-0.1, -0.05) is 13.8 Å². The van der Waals surface area contributed by atoms with Crippen LogP contribution in [0.1, 0.15) is 26.7 Å². The third-order valence-electron chi connectivity index (χ3n) is 2.17. The van der Waals surface area contributed by atoms with Gasteiger partial charge in [-0.05, 0) is 37.8 Å². The largest absolute Gasteiger partial charge is 0.330 e. The lowest BCUT2D eigenvalue weighted by atomic mass is 9.94. The zero-order chi connectivity index (χ0) is 11.0. The summed E-state index contributed by atoms with van der Waals surface area (Å²) < 4.78 is 23.5. The first-order chi connectivity index (χ1) is 6.56. The van der Waals surface area contributed by atoms with Gasteiger partial charge in [0.05, 0.1) is 6.54 Å². The molecule has 4 heteroatoms. The fraction of sp³-hybridized carbons (Fsp3) is 1.00. The summed E-state index contributed by atoms with van der Waals surface area (Å²) in [6, 6.07) is 0. The Kier molecular flexibility index (Phi) is 7.99. The Morgan fingerprint density at radius 2 is 1.93 bits per heavy atom. The van der Waals surface area contributed by atoms with Crippen LogP contribution >= 0.6 is 0 Å². The lowest BCUT2D eigenvalue weighted by Crippen LogP contribution is -2.26. The van der Waals surface area contributed by atoms with Gasteiger partial charge in [-0.2, -0.15) is 0 Å². The molecule has 1 unspecified atom stereocenters. The molecule has 86 valence electrons. The topological polar surface area (TPSA) is 38.0 Å². The van der Waals surface area contributed by atoms with Crippen molar-refractivity contribution in [2.45, 2.75) is 33.1 Å². The van der Waals surface area contributed by atoms with Crippen LogP contribution in [0.5, 0.6) is 0 Å². The minimum Gasteiger partial charge on any atom is -0.330 e. The Morgan fingerprint density at radius 3 is 2.36 bits per heavy atom. The van der Waals surface area contributed by atoms with Crippen molar-refractivity contribution in [1.29, 1.82) is 0 Å². The average Bonchev–Trinajstić information content (AvgIpc) is 2.09. The Morgan fingerprint density at radius 1 is 1.29 bits per heavy atom. The Bertz CT molecular complexity index is 129. The molecule has 0 heterocycles. The van der Waals surface area contributed by atoms with E-state index < -0.39 is 6.43 Å². The van der Waals surface area contributed by atoms with Crippen molar-refractivity contribution in [3.8, 4) is 0 Å². The van der Waals surface area contributed by atoms with Gasteiger partial charge in [0.1, 0.15) is 0 Å². The van der Waals surface area contributed by atoms with Gasteiger partial charge in [-0.15, -0.1) is 0 Å². The number of hydrogen-bond acceptors (Lipinski definition) is 2. The third kappa shape index (κ3) is 8.38. The highest BCUT2D eigenvalue weighted by Gasteiger charge is 2.09. The van der Waals surface area contributed by atoms with Crippen LogP contribution in [0, 0.1) is 11.8 Å². The molecule has 0 saturated heterocycles. The minimum absolute atomic E-state index is 0.209. The Hall–Kier alpha value is -0.220. The number of nitrogens with two attached hydrogens (primary N) is 1. The molecule has 0 aliphatic carbocycles. The molecule has 0 radical (unpaired) electrons. The first kappa shape index (κ1) is 13.8. The molecule has 0 saturated carbocycles. The van der Waals surface area contributed by atoms with E-state index in [9.17, 15) is 8.78 Å². The minimum atomic E-state index is -2.25. The molecule has 1 atom stereocenters. The molecule has 0 amide bonds. The van der Waals surface area contributed by atoms with Gasteiger partial charge < -0.3 is 11.1 Å². The maximum atomic E-state index is 11.8. The van der Waals surface area contributed by atoms with E-state index in [0.717, 1.165) is 12.8 Å². The van der Waals surface area contributed by atoms with Crippen molar-refractivity contribution in [2.24, 2.45) is 17.6 Å². The van der Waals surface area contributed by atoms with Crippen LogP contribution < -0.4 is 11.1 Å². The van der Waals surface area contributed by atoms with Gasteiger partial charge in [0.2, 0.25) is 0 Å². The van der Waals surface area contributed by atoms with Gasteiger partial charge in [-0.25, -0.2) is 8.78 Å². The molecule has 0 aliphatic heterocycles. The van der Waals surface area contributed by atoms with E-state index in [0.29, 0.717) is 24.9 Å². The molecular formula is C10H22F2N2. The fourth-order valence-electron chi connectivity index (χ4n) is 1.52. The van der Waals surface area contributed by atoms with Crippen molar-refractivity contribution in [3.05, 3.63) is 0 Å². The van der Waals surface area contributed by atoms with Crippen molar-refractivity contribution < 1.29 is 8.78 Å². The predicted octanol–water partition coefficient (Wildman–Crippen LogP) is 1.85. The van der Waals surface area contributed by atoms with E-state index in [1.165, 1.54) is 0 Å². The monoisotopic (exact) mass is 208 g/mol. The van der Waals surface area contributed by atoms with E-state index in [1.54, 1.807) is 0 Å². The summed E-state index contributed by atoms with van der Waals surface area (Å²) in [5.74, 6) is 1.08. The Balaban J connectivity index is 3.43. The van der Waals surface area contributed by atoms with Gasteiger partial charge in [-0.3, -0.25) is 0 Å². The molecule has 0 rings (SSSR count). The van der Waals surface area contributed by atoms with Crippen LogP contribution in [-0.2, 0) is 0 Å². The van der Waals surface area contributed by atoms with E-state index >= 15 is 0 Å². The van der Waals surface area contributed by atoms with E-state index in [1.807, 2.05) is 0 Å². The lowest BCUT2D eigenvalue weighted by molar-refractivity contribution is 0.145. The summed E-state index contributed by atoms with van der Waals surface area (Å²) in [5, 5.41) is 2.72. The highest BCUT2D eigenvalue weighted by atomic mass is 19.3. The number of halogens is 2. The number of alkyl halides is 2.